The average molecular weight is 429 g/mol. The molecule has 31 heavy (non-hydrogen) atoms. The SMILES string of the molecule is COc1ccc2c(=O)c(C)c(-c3cnn(Cc4ccc(OC(F)(F)F)cc4)c3)[nH]c2c1. The Balaban J connectivity index is 1.61. The van der Waals surface area contributed by atoms with E-state index in [2.05, 4.69) is 14.8 Å². The van der Waals surface area contributed by atoms with Crippen molar-refractivity contribution < 1.29 is 22.6 Å². The lowest BCUT2D eigenvalue weighted by Crippen LogP contribution is -2.17. The number of hydrogen-bond donors (Lipinski definition) is 1. The van der Waals surface area contributed by atoms with Crippen LogP contribution < -0.4 is 14.9 Å². The number of pyridine rings is 1. The van der Waals surface area contributed by atoms with Crippen LogP contribution in [0.15, 0.2) is 59.7 Å². The van der Waals surface area contributed by atoms with Crippen LogP contribution in [0.4, 0.5) is 13.2 Å². The highest BCUT2D eigenvalue weighted by Crippen LogP contribution is 2.25. The van der Waals surface area contributed by atoms with Gasteiger partial charge in [0.2, 0.25) is 0 Å². The highest BCUT2D eigenvalue weighted by molar-refractivity contribution is 5.84. The van der Waals surface area contributed by atoms with E-state index in [0.717, 1.165) is 11.1 Å². The molecule has 4 aromatic rings. The van der Waals surface area contributed by atoms with E-state index in [1.54, 1.807) is 49.3 Å². The van der Waals surface area contributed by atoms with Crippen molar-refractivity contribution in [3.63, 3.8) is 0 Å². The Kier molecular flexibility index (Phi) is 5.18. The predicted molar refractivity (Wildman–Crippen MR) is 109 cm³/mol. The molecule has 9 heteroatoms. The van der Waals surface area contributed by atoms with Crippen molar-refractivity contribution in [2.45, 2.75) is 19.8 Å². The minimum absolute atomic E-state index is 0.0839. The second kappa shape index (κ2) is 7.82. The van der Waals surface area contributed by atoms with Crippen LogP contribution in [-0.4, -0.2) is 28.2 Å². The van der Waals surface area contributed by atoms with Gasteiger partial charge in [0, 0.05) is 28.8 Å². The first-order chi connectivity index (χ1) is 14.7. The Morgan fingerprint density at radius 2 is 1.81 bits per heavy atom. The molecule has 2 heterocycles. The number of alkyl halides is 3. The first-order valence-corrected chi connectivity index (χ1v) is 9.31. The van der Waals surface area contributed by atoms with E-state index in [9.17, 15) is 18.0 Å². The minimum atomic E-state index is -4.73. The lowest BCUT2D eigenvalue weighted by atomic mass is 10.1. The normalized spacial score (nSPS) is 11.6. The van der Waals surface area contributed by atoms with Gasteiger partial charge < -0.3 is 14.5 Å². The molecule has 0 fully saturated rings. The minimum Gasteiger partial charge on any atom is -0.497 e. The summed E-state index contributed by atoms with van der Waals surface area (Å²) in [5.41, 5.74) is 3.24. The Morgan fingerprint density at radius 3 is 2.48 bits per heavy atom. The summed E-state index contributed by atoms with van der Waals surface area (Å²) in [6.45, 7) is 2.09. The van der Waals surface area contributed by atoms with E-state index >= 15 is 0 Å². The van der Waals surface area contributed by atoms with Crippen LogP contribution in [0.1, 0.15) is 11.1 Å². The fourth-order valence-corrected chi connectivity index (χ4v) is 3.35. The van der Waals surface area contributed by atoms with Crippen molar-refractivity contribution in [3.05, 3.63) is 76.2 Å². The van der Waals surface area contributed by atoms with Crippen LogP contribution >= 0.6 is 0 Å². The van der Waals surface area contributed by atoms with E-state index in [1.807, 2.05) is 0 Å². The maximum absolute atomic E-state index is 12.8. The van der Waals surface area contributed by atoms with Gasteiger partial charge in [-0.05, 0) is 36.8 Å². The zero-order valence-corrected chi connectivity index (χ0v) is 16.7. The summed E-state index contributed by atoms with van der Waals surface area (Å²) in [7, 11) is 1.56. The standard InChI is InChI=1S/C22H18F3N3O3/c1-13-20(27-19-9-17(30-2)7-8-18(19)21(13)29)15-10-26-28(12-15)11-14-3-5-16(6-4-14)31-22(23,24)25/h3-10,12H,11H2,1-2H3,(H,27,29). The molecule has 160 valence electrons. The third kappa shape index (κ3) is 4.40. The fourth-order valence-electron chi connectivity index (χ4n) is 3.35. The zero-order chi connectivity index (χ0) is 22.2. The molecule has 1 N–H and O–H groups in total. The van der Waals surface area contributed by atoms with Gasteiger partial charge in [-0.2, -0.15) is 5.10 Å². The molecule has 0 aliphatic carbocycles. The number of aromatic nitrogens is 3. The number of fused-ring (bicyclic) bond motifs is 1. The number of halogens is 3. The molecule has 0 atom stereocenters. The van der Waals surface area contributed by atoms with Crippen molar-refractivity contribution in [1.82, 2.24) is 14.8 Å². The smallest absolute Gasteiger partial charge is 0.497 e. The molecule has 0 spiro atoms. The van der Waals surface area contributed by atoms with E-state index in [0.29, 0.717) is 34.5 Å². The molecule has 0 aliphatic heterocycles. The number of methoxy groups -OCH3 is 1. The van der Waals surface area contributed by atoms with Crippen molar-refractivity contribution in [3.8, 4) is 22.8 Å². The second-order valence-corrected chi connectivity index (χ2v) is 6.98. The number of nitrogens with zero attached hydrogens (tertiary/aromatic N) is 2. The van der Waals surface area contributed by atoms with Gasteiger partial charge in [0.25, 0.3) is 0 Å². The molecule has 0 amide bonds. The molecule has 0 saturated heterocycles. The summed E-state index contributed by atoms with van der Waals surface area (Å²) >= 11 is 0. The summed E-state index contributed by atoms with van der Waals surface area (Å²) in [6.07, 6.45) is -1.33. The predicted octanol–water partition coefficient (Wildman–Crippen LogP) is 4.66. The molecular formula is C22H18F3N3O3. The lowest BCUT2D eigenvalue weighted by Gasteiger charge is -2.09. The highest BCUT2D eigenvalue weighted by Gasteiger charge is 2.30. The largest absolute Gasteiger partial charge is 0.573 e. The van der Waals surface area contributed by atoms with Gasteiger partial charge >= 0.3 is 6.36 Å². The molecular weight excluding hydrogens is 411 g/mol. The number of ether oxygens (including phenoxy) is 2. The Bertz CT molecular complexity index is 1290. The second-order valence-electron chi connectivity index (χ2n) is 6.98. The molecule has 0 bridgehead atoms. The van der Waals surface area contributed by atoms with Gasteiger partial charge in [0.1, 0.15) is 11.5 Å². The number of rotatable bonds is 5. The number of aromatic amines is 1. The van der Waals surface area contributed by atoms with E-state index < -0.39 is 6.36 Å². The monoisotopic (exact) mass is 429 g/mol. The lowest BCUT2D eigenvalue weighted by molar-refractivity contribution is -0.274. The molecule has 0 saturated carbocycles. The van der Waals surface area contributed by atoms with Gasteiger partial charge in [-0.1, -0.05) is 12.1 Å². The van der Waals surface area contributed by atoms with Crippen LogP contribution in [0.2, 0.25) is 0 Å². The van der Waals surface area contributed by atoms with Gasteiger partial charge in [0.05, 0.1) is 31.1 Å². The van der Waals surface area contributed by atoms with Crippen molar-refractivity contribution in [2.24, 2.45) is 0 Å². The number of hydrogen-bond acceptors (Lipinski definition) is 4. The molecule has 0 aliphatic rings. The highest BCUT2D eigenvalue weighted by atomic mass is 19.4. The van der Waals surface area contributed by atoms with Gasteiger partial charge in [0.15, 0.2) is 5.43 Å². The van der Waals surface area contributed by atoms with E-state index in [4.69, 9.17) is 4.74 Å². The maximum atomic E-state index is 12.8. The average Bonchev–Trinajstić information content (AvgIpc) is 3.19. The summed E-state index contributed by atoms with van der Waals surface area (Å²) in [5, 5.41) is 4.88. The van der Waals surface area contributed by atoms with E-state index in [-0.39, 0.29) is 11.2 Å². The molecule has 4 rings (SSSR count). The summed E-state index contributed by atoms with van der Waals surface area (Å²) in [4.78, 5) is 16.0. The van der Waals surface area contributed by atoms with E-state index in [1.165, 1.54) is 24.3 Å². The summed E-state index contributed by atoms with van der Waals surface area (Å²) < 4.78 is 47.6. The van der Waals surface area contributed by atoms with Crippen molar-refractivity contribution in [1.29, 1.82) is 0 Å². The number of H-pyrrole nitrogens is 1. The van der Waals surface area contributed by atoms with Gasteiger partial charge in [-0.15, -0.1) is 13.2 Å². The maximum Gasteiger partial charge on any atom is 0.573 e. The molecule has 0 unspecified atom stereocenters. The van der Waals surface area contributed by atoms with Crippen LogP contribution in [-0.2, 0) is 6.54 Å². The molecule has 2 aromatic heterocycles. The van der Waals surface area contributed by atoms with Crippen molar-refractivity contribution >= 4 is 10.9 Å². The molecule has 0 radical (unpaired) electrons. The van der Waals surface area contributed by atoms with Crippen LogP contribution in [0, 0.1) is 6.92 Å². The Hall–Kier alpha value is -3.75. The van der Waals surface area contributed by atoms with Crippen molar-refractivity contribution in [2.75, 3.05) is 7.11 Å². The molecule has 6 nitrogen and oxygen atoms in total. The first-order valence-electron chi connectivity index (χ1n) is 9.31. The third-order valence-corrected chi connectivity index (χ3v) is 4.87. The molecule has 2 aromatic carbocycles. The van der Waals surface area contributed by atoms with Gasteiger partial charge in [-0.25, -0.2) is 0 Å². The quantitative estimate of drug-likeness (QED) is 0.501. The number of benzene rings is 2. The summed E-state index contributed by atoms with van der Waals surface area (Å²) in [6, 6.07) is 10.8. The Morgan fingerprint density at radius 1 is 1.10 bits per heavy atom. The van der Waals surface area contributed by atoms with Gasteiger partial charge in [-0.3, -0.25) is 9.48 Å². The number of nitrogens with one attached hydrogen (secondary N) is 1. The third-order valence-electron chi connectivity index (χ3n) is 4.87. The zero-order valence-electron chi connectivity index (χ0n) is 16.7. The Labute approximate surface area is 174 Å². The fraction of sp³-hybridized carbons (Fsp3) is 0.182. The van der Waals surface area contributed by atoms with Crippen LogP contribution in [0.5, 0.6) is 11.5 Å². The summed E-state index contributed by atoms with van der Waals surface area (Å²) in [5.74, 6) is 0.351. The van der Waals surface area contributed by atoms with Crippen LogP contribution in [0.25, 0.3) is 22.2 Å². The first kappa shape index (κ1) is 20.5. The topological polar surface area (TPSA) is 69.1 Å². The van der Waals surface area contributed by atoms with Crippen LogP contribution in [0.3, 0.4) is 0 Å².